The molecular weight excluding hydrogens is 288 g/mol. The van der Waals surface area contributed by atoms with Crippen molar-refractivity contribution in [3.8, 4) is 0 Å². The zero-order valence-corrected chi connectivity index (χ0v) is 13.0. The maximum Gasteiger partial charge on any atom is 0.189 e. The summed E-state index contributed by atoms with van der Waals surface area (Å²) in [5.74, 6) is 0.558. The van der Waals surface area contributed by atoms with Crippen LogP contribution in [0.15, 0.2) is 42.9 Å². The lowest BCUT2D eigenvalue weighted by atomic mass is 9.80. The molecule has 0 bridgehead atoms. The molecule has 5 heteroatoms. The zero-order valence-electron chi connectivity index (χ0n) is 13.0. The van der Waals surface area contributed by atoms with Gasteiger partial charge < -0.3 is 0 Å². The van der Waals surface area contributed by atoms with Gasteiger partial charge in [0.2, 0.25) is 0 Å². The Morgan fingerprint density at radius 2 is 2.13 bits per heavy atom. The van der Waals surface area contributed by atoms with E-state index < -0.39 is 0 Å². The smallest absolute Gasteiger partial charge is 0.189 e. The van der Waals surface area contributed by atoms with Crippen LogP contribution in [-0.4, -0.2) is 25.2 Å². The van der Waals surface area contributed by atoms with E-state index in [9.17, 15) is 4.79 Å². The van der Waals surface area contributed by atoms with Crippen molar-refractivity contribution in [3.05, 3.63) is 59.7 Å². The van der Waals surface area contributed by atoms with E-state index in [2.05, 4.69) is 10.2 Å². The van der Waals surface area contributed by atoms with Crippen LogP contribution >= 0.6 is 0 Å². The molecule has 0 amide bonds. The number of pyridine rings is 1. The lowest BCUT2D eigenvalue weighted by Gasteiger charge is -2.25. The van der Waals surface area contributed by atoms with E-state index in [1.165, 1.54) is 24.8 Å². The van der Waals surface area contributed by atoms with Gasteiger partial charge in [-0.05, 0) is 43.0 Å². The van der Waals surface area contributed by atoms with E-state index in [0.717, 1.165) is 11.2 Å². The molecule has 3 aromatic heterocycles. The second-order valence-electron chi connectivity index (χ2n) is 6.02. The molecule has 0 N–H and O–H groups in total. The van der Waals surface area contributed by atoms with Crippen LogP contribution in [0, 0.1) is 0 Å². The predicted molar refractivity (Wildman–Crippen MR) is 88.4 cm³/mol. The minimum atomic E-state index is -0.0352. The summed E-state index contributed by atoms with van der Waals surface area (Å²) in [5.41, 5.74) is 3.72. The van der Waals surface area contributed by atoms with Crippen LogP contribution in [-0.2, 0) is 7.05 Å². The van der Waals surface area contributed by atoms with Gasteiger partial charge in [0, 0.05) is 18.8 Å². The summed E-state index contributed by atoms with van der Waals surface area (Å²) in [7, 11) is 1.92. The van der Waals surface area contributed by atoms with Crippen molar-refractivity contribution < 1.29 is 4.79 Å². The molecule has 0 radical (unpaired) electrons. The third-order valence-electron chi connectivity index (χ3n) is 4.64. The fourth-order valence-electron chi connectivity index (χ4n) is 3.07. The molecular formula is C18H18N4O. The normalized spacial score (nSPS) is 15.3. The first kappa shape index (κ1) is 13.9. The minimum Gasteiger partial charge on any atom is -0.289 e. The molecule has 0 aromatic carbocycles. The molecule has 116 valence electrons. The number of allylic oxidation sites excluding steroid dienone is 1. The van der Waals surface area contributed by atoms with E-state index in [0.29, 0.717) is 11.5 Å². The number of nitrogens with zero attached hydrogens (tertiary/aromatic N) is 4. The highest BCUT2D eigenvalue weighted by atomic mass is 16.1. The highest BCUT2D eigenvalue weighted by Crippen LogP contribution is 2.38. The minimum absolute atomic E-state index is 0.0352. The summed E-state index contributed by atoms with van der Waals surface area (Å²) in [6.07, 6.45) is 12.6. The largest absolute Gasteiger partial charge is 0.289 e. The van der Waals surface area contributed by atoms with Gasteiger partial charge in [-0.1, -0.05) is 12.5 Å². The molecule has 3 aromatic rings. The summed E-state index contributed by atoms with van der Waals surface area (Å²) in [4.78, 5) is 12.5. The van der Waals surface area contributed by atoms with Gasteiger partial charge in [0.05, 0.1) is 29.2 Å². The molecule has 5 nitrogen and oxygen atoms in total. The van der Waals surface area contributed by atoms with Crippen molar-refractivity contribution in [2.75, 3.05) is 0 Å². The first-order chi connectivity index (χ1) is 11.2. The number of rotatable bonds is 4. The van der Waals surface area contributed by atoms with Gasteiger partial charge in [0.1, 0.15) is 0 Å². The Labute approximate surface area is 134 Å². The molecule has 23 heavy (non-hydrogen) atoms. The average Bonchev–Trinajstić information content (AvgIpc) is 3.08. The van der Waals surface area contributed by atoms with Crippen LogP contribution in [0.1, 0.15) is 46.8 Å². The Morgan fingerprint density at radius 1 is 1.26 bits per heavy atom. The van der Waals surface area contributed by atoms with Gasteiger partial charge in [-0.3, -0.25) is 9.48 Å². The van der Waals surface area contributed by atoms with Gasteiger partial charge in [0.25, 0.3) is 0 Å². The third kappa shape index (κ3) is 2.38. The second-order valence-corrected chi connectivity index (χ2v) is 6.02. The van der Waals surface area contributed by atoms with Gasteiger partial charge in [-0.15, -0.1) is 0 Å². The van der Waals surface area contributed by atoms with E-state index >= 15 is 0 Å². The summed E-state index contributed by atoms with van der Waals surface area (Å²) in [5, 5.41) is 8.56. The van der Waals surface area contributed by atoms with Crippen molar-refractivity contribution in [2.45, 2.75) is 25.2 Å². The molecule has 1 saturated carbocycles. The number of aryl methyl sites for hydroxylation is 1. The first-order valence-corrected chi connectivity index (χ1v) is 7.91. The molecule has 1 aliphatic carbocycles. The summed E-state index contributed by atoms with van der Waals surface area (Å²) in [6.45, 7) is 0. The van der Waals surface area contributed by atoms with Crippen molar-refractivity contribution in [3.63, 3.8) is 0 Å². The fourth-order valence-corrected chi connectivity index (χ4v) is 3.07. The molecule has 4 rings (SSSR count). The van der Waals surface area contributed by atoms with Crippen LogP contribution in [0.4, 0.5) is 0 Å². The summed E-state index contributed by atoms with van der Waals surface area (Å²) < 4.78 is 3.55. The molecule has 0 unspecified atom stereocenters. The lowest BCUT2D eigenvalue weighted by molar-refractivity contribution is 0.104. The van der Waals surface area contributed by atoms with Crippen LogP contribution < -0.4 is 0 Å². The van der Waals surface area contributed by atoms with Gasteiger partial charge in [-0.2, -0.15) is 10.2 Å². The molecule has 0 atom stereocenters. The first-order valence-electron chi connectivity index (χ1n) is 7.91. The van der Waals surface area contributed by atoms with Gasteiger partial charge in [0.15, 0.2) is 5.78 Å². The Bertz CT molecular complexity index is 899. The molecule has 0 aliphatic heterocycles. The van der Waals surface area contributed by atoms with E-state index in [1.54, 1.807) is 16.8 Å². The summed E-state index contributed by atoms with van der Waals surface area (Å²) in [6, 6.07) is 5.70. The summed E-state index contributed by atoms with van der Waals surface area (Å²) >= 11 is 0. The number of hydrogen-bond acceptors (Lipinski definition) is 3. The number of ketones is 1. The monoisotopic (exact) mass is 306 g/mol. The number of hydrogen-bond donors (Lipinski definition) is 0. The lowest BCUT2D eigenvalue weighted by Crippen LogP contribution is -2.09. The van der Waals surface area contributed by atoms with Crippen molar-refractivity contribution >= 4 is 17.4 Å². The van der Waals surface area contributed by atoms with Crippen LogP contribution in [0.2, 0.25) is 0 Å². The Kier molecular flexibility index (Phi) is 3.33. The second kappa shape index (κ2) is 5.50. The van der Waals surface area contributed by atoms with E-state index in [4.69, 9.17) is 0 Å². The molecule has 1 fully saturated rings. The Balaban J connectivity index is 1.64. The third-order valence-corrected chi connectivity index (χ3v) is 4.64. The number of aromatic nitrogens is 4. The van der Waals surface area contributed by atoms with E-state index in [1.807, 2.05) is 48.4 Å². The average molecular weight is 306 g/mol. The quantitative estimate of drug-likeness (QED) is 0.549. The molecule has 0 spiro atoms. The molecule has 3 heterocycles. The van der Waals surface area contributed by atoms with Crippen LogP contribution in [0.3, 0.4) is 0 Å². The maximum absolute atomic E-state index is 12.5. The Morgan fingerprint density at radius 3 is 2.91 bits per heavy atom. The number of carbonyl (C=O) groups excluding carboxylic acids is 1. The fraction of sp³-hybridized carbons (Fsp3) is 0.278. The number of carbonyl (C=O) groups is 1. The SMILES string of the molecule is Cn1ncc(C2CCC2)c1/C=C/C(=O)c1cnn2ccccc12. The van der Waals surface area contributed by atoms with E-state index in [-0.39, 0.29) is 5.78 Å². The Hall–Kier alpha value is -2.69. The van der Waals surface area contributed by atoms with Gasteiger partial charge in [-0.25, -0.2) is 4.52 Å². The van der Waals surface area contributed by atoms with Crippen LogP contribution in [0.5, 0.6) is 0 Å². The molecule has 0 saturated heterocycles. The standard InChI is InChI=1S/C18H18N4O/c1-21-16(14(11-19-21)13-5-4-6-13)8-9-18(23)15-12-20-22-10-3-2-7-17(15)22/h2-3,7-13H,4-6H2,1H3/b9-8+. The van der Waals surface area contributed by atoms with Crippen molar-refractivity contribution in [1.29, 1.82) is 0 Å². The highest BCUT2D eigenvalue weighted by Gasteiger charge is 2.23. The van der Waals surface area contributed by atoms with Crippen LogP contribution in [0.25, 0.3) is 11.6 Å². The maximum atomic E-state index is 12.5. The predicted octanol–water partition coefficient (Wildman–Crippen LogP) is 3.23. The molecule has 1 aliphatic rings. The van der Waals surface area contributed by atoms with Crippen molar-refractivity contribution in [1.82, 2.24) is 19.4 Å². The zero-order chi connectivity index (χ0) is 15.8. The number of fused-ring (bicyclic) bond motifs is 1. The highest BCUT2D eigenvalue weighted by molar-refractivity contribution is 6.11. The topological polar surface area (TPSA) is 52.2 Å². The van der Waals surface area contributed by atoms with Crippen molar-refractivity contribution in [2.24, 2.45) is 7.05 Å². The van der Waals surface area contributed by atoms with Gasteiger partial charge >= 0.3 is 0 Å².